The normalized spacial score (nSPS) is 16.3. The highest BCUT2D eigenvalue weighted by atomic mass is 16.5. The summed E-state index contributed by atoms with van der Waals surface area (Å²) in [7, 11) is 0. The molecule has 0 saturated carbocycles. The van der Waals surface area contributed by atoms with E-state index in [1.165, 1.54) is 6.08 Å². The van der Waals surface area contributed by atoms with E-state index in [2.05, 4.69) is 0 Å². The molecule has 0 aromatic heterocycles. The van der Waals surface area contributed by atoms with E-state index < -0.39 is 5.97 Å². The van der Waals surface area contributed by atoms with E-state index in [9.17, 15) is 4.79 Å². The van der Waals surface area contributed by atoms with Crippen LogP contribution in [0.3, 0.4) is 0 Å². The Morgan fingerprint density at radius 2 is 2.20 bits per heavy atom. The lowest BCUT2D eigenvalue weighted by molar-refractivity contribution is -0.131. The van der Waals surface area contributed by atoms with E-state index in [0.717, 1.165) is 28.0 Å². The highest BCUT2D eigenvalue weighted by Gasteiger charge is 2.20. The van der Waals surface area contributed by atoms with Crippen LogP contribution in [-0.4, -0.2) is 17.7 Å². The van der Waals surface area contributed by atoms with Crippen LogP contribution in [0.1, 0.15) is 16.7 Å². The zero-order valence-electron chi connectivity index (χ0n) is 8.70. The van der Waals surface area contributed by atoms with Gasteiger partial charge in [-0.05, 0) is 31.0 Å². The lowest BCUT2D eigenvalue weighted by Crippen LogP contribution is -1.94. The lowest BCUT2D eigenvalue weighted by Gasteiger charge is -2.04. The van der Waals surface area contributed by atoms with E-state index in [1.54, 1.807) is 0 Å². The molecule has 3 heteroatoms. The maximum absolute atomic E-state index is 10.6. The van der Waals surface area contributed by atoms with E-state index in [0.29, 0.717) is 6.61 Å². The third kappa shape index (κ3) is 1.73. The molecule has 0 spiro atoms. The van der Waals surface area contributed by atoms with Gasteiger partial charge in [-0.15, -0.1) is 0 Å². The first-order valence-electron chi connectivity index (χ1n) is 4.76. The number of carboxylic acids is 1. The Kier molecular flexibility index (Phi) is 2.23. The highest BCUT2D eigenvalue weighted by molar-refractivity contribution is 5.93. The maximum Gasteiger partial charge on any atom is 0.328 e. The molecular formula is C12H12O3. The molecule has 1 N–H and O–H groups in total. The Balaban J connectivity index is 2.56. The fourth-order valence-electron chi connectivity index (χ4n) is 1.94. The summed E-state index contributed by atoms with van der Waals surface area (Å²) in [4.78, 5) is 10.6. The van der Waals surface area contributed by atoms with Crippen molar-refractivity contribution in [1.82, 2.24) is 0 Å². The number of aliphatic carboxylic acids is 1. The number of ether oxygens (including phenoxy) is 1. The van der Waals surface area contributed by atoms with Gasteiger partial charge in [0.1, 0.15) is 12.4 Å². The molecular weight excluding hydrogens is 192 g/mol. The number of benzene rings is 1. The van der Waals surface area contributed by atoms with Gasteiger partial charge in [0.05, 0.1) is 0 Å². The quantitative estimate of drug-likeness (QED) is 0.713. The average molecular weight is 204 g/mol. The first-order chi connectivity index (χ1) is 7.08. The van der Waals surface area contributed by atoms with Crippen LogP contribution in [0.25, 0.3) is 5.57 Å². The topological polar surface area (TPSA) is 46.5 Å². The molecule has 2 rings (SSSR count). The Morgan fingerprint density at radius 3 is 2.87 bits per heavy atom. The van der Waals surface area contributed by atoms with Crippen molar-refractivity contribution >= 4 is 11.5 Å². The van der Waals surface area contributed by atoms with Crippen LogP contribution in [0, 0.1) is 13.8 Å². The number of rotatable bonds is 1. The summed E-state index contributed by atoms with van der Waals surface area (Å²) in [6.45, 7) is 4.32. The van der Waals surface area contributed by atoms with Gasteiger partial charge >= 0.3 is 5.97 Å². The Morgan fingerprint density at radius 1 is 1.47 bits per heavy atom. The molecule has 1 aromatic rings. The van der Waals surface area contributed by atoms with Gasteiger partial charge in [0.2, 0.25) is 0 Å². The minimum absolute atomic E-state index is 0.353. The van der Waals surface area contributed by atoms with Crippen molar-refractivity contribution in [2.24, 2.45) is 0 Å². The summed E-state index contributed by atoms with van der Waals surface area (Å²) in [5.41, 5.74) is 3.87. The molecule has 0 aliphatic carbocycles. The molecule has 1 aliphatic rings. The molecule has 1 heterocycles. The first kappa shape index (κ1) is 9.77. The van der Waals surface area contributed by atoms with Gasteiger partial charge < -0.3 is 9.84 Å². The second kappa shape index (κ2) is 3.42. The fraction of sp³-hybridized carbons (Fsp3) is 0.250. The molecule has 1 aromatic carbocycles. The average Bonchev–Trinajstić information content (AvgIpc) is 2.46. The Hall–Kier alpha value is -1.77. The van der Waals surface area contributed by atoms with Gasteiger partial charge in [-0.2, -0.15) is 0 Å². The SMILES string of the molecule is Cc1cc(C)c2c(c1)OC/C2=C\C(=O)O. The van der Waals surface area contributed by atoms with Crippen molar-refractivity contribution in [2.75, 3.05) is 6.61 Å². The van der Waals surface area contributed by atoms with Crippen LogP contribution in [0.4, 0.5) is 0 Å². The molecule has 3 nitrogen and oxygen atoms in total. The second-order valence-corrected chi connectivity index (χ2v) is 3.75. The highest BCUT2D eigenvalue weighted by Crippen LogP contribution is 2.36. The number of hydrogen-bond acceptors (Lipinski definition) is 2. The maximum atomic E-state index is 10.6. The third-order valence-corrected chi connectivity index (χ3v) is 2.45. The molecule has 1 aliphatic heterocycles. The number of aryl methyl sites for hydroxylation is 2. The monoisotopic (exact) mass is 204 g/mol. The van der Waals surface area contributed by atoms with Gasteiger partial charge in [-0.1, -0.05) is 6.07 Å². The standard InChI is InChI=1S/C12H12O3/c1-7-3-8(2)12-9(5-11(13)14)6-15-10(12)4-7/h3-5H,6H2,1-2H3,(H,13,14)/b9-5+. The minimum Gasteiger partial charge on any atom is -0.488 e. The second-order valence-electron chi connectivity index (χ2n) is 3.75. The molecule has 0 fully saturated rings. The van der Waals surface area contributed by atoms with Crippen molar-refractivity contribution in [3.8, 4) is 5.75 Å². The number of carboxylic acid groups (broad SMARTS) is 1. The fourth-order valence-corrected chi connectivity index (χ4v) is 1.94. The summed E-state index contributed by atoms with van der Waals surface area (Å²) in [5, 5.41) is 8.71. The number of fused-ring (bicyclic) bond motifs is 1. The van der Waals surface area contributed by atoms with E-state index >= 15 is 0 Å². The molecule has 0 unspecified atom stereocenters. The van der Waals surface area contributed by atoms with Gasteiger partial charge in [-0.3, -0.25) is 0 Å². The summed E-state index contributed by atoms with van der Waals surface area (Å²) in [5.74, 6) is -0.138. The van der Waals surface area contributed by atoms with Crippen molar-refractivity contribution < 1.29 is 14.6 Å². The Bertz CT molecular complexity index is 458. The van der Waals surface area contributed by atoms with E-state index in [4.69, 9.17) is 9.84 Å². The van der Waals surface area contributed by atoms with Crippen LogP contribution in [-0.2, 0) is 4.79 Å². The molecule has 78 valence electrons. The predicted molar refractivity (Wildman–Crippen MR) is 57.0 cm³/mol. The smallest absolute Gasteiger partial charge is 0.328 e. The van der Waals surface area contributed by atoms with Crippen LogP contribution in [0.2, 0.25) is 0 Å². The summed E-state index contributed by atoms with van der Waals surface area (Å²) in [6.07, 6.45) is 1.22. The van der Waals surface area contributed by atoms with Crippen LogP contribution in [0.15, 0.2) is 18.2 Å². The van der Waals surface area contributed by atoms with Gasteiger partial charge in [0.25, 0.3) is 0 Å². The lowest BCUT2D eigenvalue weighted by atomic mass is 9.99. The van der Waals surface area contributed by atoms with Crippen LogP contribution >= 0.6 is 0 Å². The first-order valence-corrected chi connectivity index (χ1v) is 4.76. The number of hydrogen-bond donors (Lipinski definition) is 1. The van der Waals surface area contributed by atoms with Crippen molar-refractivity contribution in [2.45, 2.75) is 13.8 Å². The molecule has 0 atom stereocenters. The zero-order valence-corrected chi connectivity index (χ0v) is 8.70. The minimum atomic E-state index is -0.929. The Labute approximate surface area is 88.0 Å². The molecule has 0 bridgehead atoms. The zero-order chi connectivity index (χ0) is 11.0. The molecule has 0 radical (unpaired) electrons. The van der Waals surface area contributed by atoms with Crippen molar-refractivity contribution in [1.29, 1.82) is 0 Å². The van der Waals surface area contributed by atoms with Crippen LogP contribution in [0.5, 0.6) is 5.75 Å². The van der Waals surface area contributed by atoms with Crippen molar-refractivity contribution in [3.63, 3.8) is 0 Å². The third-order valence-electron chi connectivity index (χ3n) is 2.45. The summed E-state index contributed by atoms with van der Waals surface area (Å²) >= 11 is 0. The van der Waals surface area contributed by atoms with E-state index in [-0.39, 0.29) is 0 Å². The van der Waals surface area contributed by atoms with Crippen LogP contribution < -0.4 is 4.74 Å². The van der Waals surface area contributed by atoms with Crippen molar-refractivity contribution in [3.05, 3.63) is 34.9 Å². The summed E-state index contributed by atoms with van der Waals surface area (Å²) in [6, 6.07) is 3.97. The number of carbonyl (C=O) groups is 1. The van der Waals surface area contributed by atoms with E-state index in [1.807, 2.05) is 26.0 Å². The molecule has 0 amide bonds. The molecule has 15 heavy (non-hydrogen) atoms. The molecule has 0 saturated heterocycles. The van der Waals surface area contributed by atoms with Gasteiger partial charge in [0, 0.05) is 17.2 Å². The summed E-state index contributed by atoms with van der Waals surface area (Å²) < 4.78 is 5.44. The largest absolute Gasteiger partial charge is 0.488 e. The predicted octanol–water partition coefficient (Wildman–Crippen LogP) is 2.16. The van der Waals surface area contributed by atoms with Gasteiger partial charge in [0.15, 0.2) is 0 Å². The van der Waals surface area contributed by atoms with Gasteiger partial charge in [-0.25, -0.2) is 4.79 Å².